The summed E-state index contributed by atoms with van der Waals surface area (Å²) in [6.45, 7) is 3.09. The van der Waals surface area contributed by atoms with Gasteiger partial charge in [0.2, 0.25) is 5.91 Å². The number of hydrogen-bond acceptors (Lipinski definition) is 4. The number of hydrogen-bond donors (Lipinski definition) is 3. The van der Waals surface area contributed by atoms with Crippen molar-refractivity contribution in [3.63, 3.8) is 0 Å². The van der Waals surface area contributed by atoms with Gasteiger partial charge in [0.05, 0.1) is 5.92 Å². The van der Waals surface area contributed by atoms with E-state index in [9.17, 15) is 14.4 Å². The molecule has 2 aromatic rings. The van der Waals surface area contributed by atoms with Gasteiger partial charge in [-0.2, -0.15) is 0 Å². The van der Waals surface area contributed by atoms with E-state index in [1.807, 2.05) is 24.3 Å². The molecule has 3 heterocycles. The monoisotopic (exact) mass is 429 g/mol. The molecule has 0 unspecified atom stereocenters. The van der Waals surface area contributed by atoms with Crippen LogP contribution in [0.1, 0.15) is 12.8 Å². The highest BCUT2D eigenvalue weighted by Crippen LogP contribution is 2.33. The highest BCUT2D eigenvalue weighted by atomic mass is 35.5. The Morgan fingerprint density at radius 1 is 0.833 bits per heavy atom. The summed E-state index contributed by atoms with van der Waals surface area (Å²) in [6.07, 6.45) is 2.22. The number of aliphatic carboxylic acids is 1. The minimum atomic E-state index is -1.52. The molecule has 2 bridgehead atoms. The highest BCUT2D eigenvalue weighted by Gasteiger charge is 2.38. The molecule has 0 spiro atoms. The van der Waals surface area contributed by atoms with E-state index >= 15 is 0 Å². The summed E-state index contributed by atoms with van der Waals surface area (Å²) in [5, 5.41) is 14.0. The topological polar surface area (TPSA) is 98.7 Å². The van der Waals surface area contributed by atoms with E-state index in [-0.39, 0.29) is 24.2 Å². The maximum atomic E-state index is 12.7. The molecule has 0 aliphatic carbocycles. The minimum Gasteiger partial charge on any atom is -0.474 e. The van der Waals surface area contributed by atoms with Gasteiger partial charge in [-0.3, -0.25) is 9.59 Å². The molecular weight excluding hydrogens is 406 g/mol. The second-order valence-electron chi connectivity index (χ2n) is 7.65. The van der Waals surface area contributed by atoms with Crippen LogP contribution in [-0.2, 0) is 14.4 Å². The Kier molecular flexibility index (Phi) is 6.74. The van der Waals surface area contributed by atoms with Crippen molar-refractivity contribution in [1.82, 2.24) is 4.90 Å². The van der Waals surface area contributed by atoms with Crippen LogP contribution >= 0.6 is 12.4 Å². The van der Waals surface area contributed by atoms with Crippen LogP contribution in [0.4, 0.5) is 11.4 Å². The number of nitrogens with one attached hydrogen (secondary N) is 2. The zero-order chi connectivity index (χ0) is 20.4. The third kappa shape index (κ3) is 4.80. The van der Waals surface area contributed by atoms with Gasteiger partial charge in [-0.15, -0.1) is 12.4 Å². The lowest BCUT2D eigenvalue weighted by Gasteiger charge is -2.43. The highest BCUT2D eigenvalue weighted by molar-refractivity contribution is 6.36. The van der Waals surface area contributed by atoms with Crippen LogP contribution in [-0.4, -0.2) is 47.4 Å². The number of carboxylic acids is 1. The molecule has 0 aromatic heterocycles. The number of amides is 2. The molecule has 8 heteroatoms. The summed E-state index contributed by atoms with van der Waals surface area (Å²) >= 11 is 0. The molecule has 3 N–H and O–H groups in total. The fourth-order valence-electron chi connectivity index (χ4n) is 4.17. The van der Waals surface area contributed by atoms with Crippen molar-refractivity contribution in [1.29, 1.82) is 0 Å². The molecule has 7 nitrogen and oxygen atoms in total. The average Bonchev–Trinajstić information content (AvgIpc) is 2.75. The first-order valence-corrected chi connectivity index (χ1v) is 9.77. The molecule has 158 valence electrons. The van der Waals surface area contributed by atoms with Crippen molar-refractivity contribution in [3.05, 3.63) is 48.5 Å². The molecule has 3 aliphatic rings. The van der Waals surface area contributed by atoms with E-state index in [2.05, 4.69) is 15.5 Å². The van der Waals surface area contributed by atoms with Crippen molar-refractivity contribution in [2.24, 2.45) is 11.8 Å². The normalized spacial score (nSPS) is 21.9. The van der Waals surface area contributed by atoms with Crippen LogP contribution < -0.4 is 10.6 Å². The van der Waals surface area contributed by atoms with Crippen molar-refractivity contribution in [2.45, 2.75) is 12.8 Å². The molecule has 2 amide bonds. The number of fused-ring (bicyclic) bond motifs is 3. The van der Waals surface area contributed by atoms with E-state index in [0.29, 0.717) is 11.6 Å². The first-order chi connectivity index (χ1) is 14.0. The molecule has 30 heavy (non-hydrogen) atoms. The summed E-state index contributed by atoms with van der Waals surface area (Å²) < 4.78 is 0. The summed E-state index contributed by atoms with van der Waals surface area (Å²) in [5.41, 5.74) is 3.08. The Bertz CT molecular complexity index is 922. The maximum absolute atomic E-state index is 12.7. The summed E-state index contributed by atoms with van der Waals surface area (Å²) in [7, 11) is 0. The number of halogens is 1. The lowest BCUT2D eigenvalue weighted by Crippen LogP contribution is -2.51. The fourth-order valence-corrected chi connectivity index (χ4v) is 4.17. The van der Waals surface area contributed by atoms with Gasteiger partial charge in [-0.25, -0.2) is 4.79 Å². The van der Waals surface area contributed by atoms with Gasteiger partial charge in [-0.05, 0) is 67.2 Å². The predicted molar refractivity (Wildman–Crippen MR) is 117 cm³/mol. The average molecular weight is 430 g/mol. The Balaban J connectivity index is 0.00000256. The number of nitrogens with zero attached hydrogens (tertiary/aromatic N) is 1. The van der Waals surface area contributed by atoms with Crippen LogP contribution in [0.25, 0.3) is 11.1 Å². The van der Waals surface area contributed by atoms with Crippen molar-refractivity contribution < 1.29 is 19.5 Å². The Labute approximate surface area is 180 Å². The van der Waals surface area contributed by atoms with E-state index in [4.69, 9.17) is 5.11 Å². The Morgan fingerprint density at radius 2 is 1.33 bits per heavy atom. The van der Waals surface area contributed by atoms with Crippen LogP contribution in [0.5, 0.6) is 0 Å². The van der Waals surface area contributed by atoms with Gasteiger partial charge in [0.15, 0.2) is 0 Å². The number of benzene rings is 2. The van der Waals surface area contributed by atoms with E-state index in [1.54, 1.807) is 24.3 Å². The van der Waals surface area contributed by atoms with Gasteiger partial charge in [-0.1, -0.05) is 24.3 Å². The zero-order valence-corrected chi connectivity index (χ0v) is 17.2. The van der Waals surface area contributed by atoms with Crippen LogP contribution in [0.2, 0.25) is 0 Å². The third-order valence-electron chi connectivity index (χ3n) is 5.82. The van der Waals surface area contributed by atoms with Gasteiger partial charge < -0.3 is 20.6 Å². The van der Waals surface area contributed by atoms with Gasteiger partial charge in [0, 0.05) is 17.9 Å². The van der Waals surface area contributed by atoms with Gasteiger partial charge >= 0.3 is 11.9 Å². The maximum Gasteiger partial charge on any atom is 0.394 e. The first-order valence-electron chi connectivity index (χ1n) is 9.77. The zero-order valence-electron chi connectivity index (χ0n) is 16.3. The smallest absolute Gasteiger partial charge is 0.394 e. The largest absolute Gasteiger partial charge is 0.474 e. The standard InChI is InChI=1S/C22H23N3O4.ClH/c26-20(19-13-25-11-9-16(19)10-12-25)23-17-5-1-14(2-6-17)15-3-7-18(8-4-15)24-21(27)22(28)29;/h1-8,16,19H,9-13H2,(H,23,26)(H,24,27)(H,28,29);1H/t19-;/m0./s1. The summed E-state index contributed by atoms with van der Waals surface area (Å²) in [4.78, 5) is 36.8. The molecule has 0 radical (unpaired) electrons. The second kappa shape index (κ2) is 9.28. The van der Waals surface area contributed by atoms with Crippen LogP contribution in [0.15, 0.2) is 48.5 Å². The number of carbonyl (C=O) groups excluding carboxylic acids is 2. The number of piperidine rings is 3. The molecule has 3 fully saturated rings. The lowest BCUT2D eigenvalue weighted by molar-refractivity contribution is -0.147. The quantitative estimate of drug-likeness (QED) is 0.649. The van der Waals surface area contributed by atoms with E-state index in [1.165, 1.54) is 0 Å². The van der Waals surface area contributed by atoms with Crippen molar-refractivity contribution >= 4 is 41.6 Å². The SMILES string of the molecule is Cl.O=C(O)C(=O)Nc1ccc(-c2ccc(NC(=O)[C@H]3CN4CCC3CC4)cc2)cc1. The van der Waals surface area contributed by atoms with E-state index < -0.39 is 11.9 Å². The molecule has 3 aliphatic heterocycles. The van der Waals surface area contributed by atoms with Crippen molar-refractivity contribution in [2.75, 3.05) is 30.3 Å². The lowest BCUT2D eigenvalue weighted by atomic mass is 9.78. The first kappa shape index (κ1) is 21.8. The van der Waals surface area contributed by atoms with Crippen LogP contribution in [0.3, 0.4) is 0 Å². The minimum absolute atomic E-state index is 0. The number of carbonyl (C=O) groups is 3. The number of rotatable bonds is 4. The number of carboxylic acid groups (broad SMARTS) is 1. The van der Waals surface area contributed by atoms with E-state index in [0.717, 1.165) is 49.3 Å². The van der Waals surface area contributed by atoms with Crippen molar-refractivity contribution in [3.8, 4) is 11.1 Å². The predicted octanol–water partition coefficient (Wildman–Crippen LogP) is 3.08. The Morgan fingerprint density at radius 3 is 1.77 bits per heavy atom. The second-order valence-corrected chi connectivity index (χ2v) is 7.65. The van der Waals surface area contributed by atoms with Crippen LogP contribution in [0, 0.1) is 11.8 Å². The molecule has 2 aromatic carbocycles. The number of anilines is 2. The fraction of sp³-hybridized carbons (Fsp3) is 0.318. The summed E-state index contributed by atoms with van der Waals surface area (Å²) in [6, 6.07) is 14.5. The third-order valence-corrected chi connectivity index (χ3v) is 5.82. The van der Waals surface area contributed by atoms with Gasteiger partial charge in [0.25, 0.3) is 0 Å². The molecule has 0 saturated carbocycles. The Hall–Kier alpha value is -2.90. The molecule has 3 saturated heterocycles. The molecule has 1 atom stereocenters. The molecular formula is C22H24ClN3O4. The summed E-state index contributed by atoms with van der Waals surface area (Å²) in [5.74, 6) is -1.92. The van der Waals surface area contributed by atoms with Gasteiger partial charge in [0.1, 0.15) is 0 Å². The molecule has 5 rings (SSSR count).